The molecule has 0 aliphatic rings. The Morgan fingerprint density at radius 3 is 2.25 bits per heavy atom. The maximum Gasteiger partial charge on any atom is 0.416 e. The summed E-state index contributed by atoms with van der Waals surface area (Å²) in [5.41, 5.74) is -2.00. The first-order valence-corrected chi connectivity index (χ1v) is 4.00. The summed E-state index contributed by atoms with van der Waals surface area (Å²) in [7, 11) is 0. The molecule has 0 aliphatic heterocycles. The van der Waals surface area contributed by atoms with Crippen LogP contribution in [-0.4, -0.2) is 16.2 Å². The number of carbonyl (C=O) groups is 1. The molecule has 3 nitrogen and oxygen atoms in total. The monoisotopic (exact) mass is 238 g/mol. The highest BCUT2D eigenvalue weighted by molar-refractivity contribution is 5.74. The lowest BCUT2D eigenvalue weighted by molar-refractivity contribution is -0.147. The molecule has 88 valence electrons. The number of carboxylic acids is 1. The zero-order chi connectivity index (χ0) is 12.5. The molecule has 0 unspecified atom stereocenters. The van der Waals surface area contributed by atoms with Crippen LogP contribution in [0.15, 0.2) is 18.2 Å². The highest BCUT2D eigenvalue weighted by Crippen LogP contribution is 2.31. The minimum Gasteiger partial charge on any atom is -0.479 e. The molecule has 0 heterocycles. The Morgan fingerprint density at radius 1 is 1.25 bits per heavy atom. The van der Waals surface area contributed by atoms with Crippen molar-refractivity contribution in [2.24, 2.45) is 0 Å². The van der Waals surface area contributed by atoms with Crippen LogP contribution < -0.4 is 0 Å². The smallest absolute Gasteiger partial charge is 0.416 e. The molecule has 1 atom stereocenters. The number of aliphatic carboxylic acids is 1. The zero-order valence-electron chi connectivity index (χ0n) is 7.62. The van der Waals surface area contributed by atoms with Crippen LogP contribution in [0.4, 0.5) is 17.6 Å². The van der Waals surface area contributed by atoms with Crippen molar-refractivity contribution in [3.8, 4) is 0 Å². The molecule has 0 fully saturated rings. The summed E-state index contributed by atoms with van der Waals surface area (Å²) in [6.07, 6.45) is -6.98. The summed E-state index contributed by atoms with van der Waals surface area (Å²) in [5.74, 6) is -3.01. The van der Waals surface area contributed by atoms with E-state index in [1.807, 2.05) is 0 Å². The van der Waals surface area contributed by atoms with E-state index in [-0.39, 0.29) is 6.07 Å². The second kappa shape index (κ2) is 4.09. The summed E-state index contributed by atoms with van der Waals surface area (Å²) in [4.78, 5) is 10.3. The maximum absolute atomic E-state index is 12.8. The first-order chi connectivity index (χ1) is 7.21. The molecule has 0 aliphatic carbocycles. The van der Waals surface area contributed by atoms with E-state index in [9.17, 15) is 22.4 Å². The van der Waals surface area contributed by atoms with E-state index in [4.69, 9.17) is 10.2 Å². The van der Waals surface area contributed by atoms with Crippen LogP contribution in [0.2, 0.25) is 0 Å². The number of hydrogen-bond donors (Lipinski definition) is 2. The van der Waals surface area contributed by atoms with Crippen molar-refractivity contribution < 1.29 is 32.6 Å². The largest absolute Gasteiger partial charge is 0.479 e. The molecule has 0 radical (unpaired) electrons. The molecular formula is C9H6F4O3. The number of benzene rings is 1. The topological polar surface area (TPSA) is 57.5 Å². The number of aliphatic hydroxyl groups excluding tert-OH is 1. The first-order valence-electron chi connectivity index (χ1n) is 4.00. The third-order valence-corrected chi connectivity index (χ3v) is 1.80. The van der Waals surface area contributed by atoms with E-state index in [0.717, 1.165) is 0 Å². The van der Waals surface area contributed by atoms with Gasteiger partial charge in [0.15, 0.2) is 6.10 Å². The van der Waals surface area contributed by atoms with Crippen LogP contribution in [0, 0.1) is 5.82 Å². The molecule has 2 N–H and O–H groups in total. The van der Waals surface area contributed by atoms with Gasteiger partial charge in [0.25, 0.3) is 0 Å². The van der Waals surface area contributed by atoms with Gasteiger partial charge >= 0.3 is 12.1 Å². The molecule has 0 bridgehead atoms. The standard InChI is InChI=1S/C9H6F4O3/c10-6-2-4(7(14)8(15)16)1-5(3-6)9(11,12)13/h1-3,7,14H,(H,15,16)/t7-/m0/s1. The van der Waals surface area contributed by atoms with Gasteiger partial charge in [0, 0.05) is 0 Å². The molecule has 0 spiro atoms. The van der Waals surface area contributed by atoms with Crippen molar-refractivity contribution in [1.29, 1.82) is 0 Å². The van der Waals surface area contributed by atoms with E-state index < -0.39 is 35.2 Å². The van der Waals surface area contributed by atoms with Gasteiger partial charge in [-0.25, -0.2) is 9.18 Å². The van der Waals surface area contributed by atoms with Gasteiger partial charge in [-0.2, -0.15) is 13.2 Å². The van der Waals surface area contributed by atoms with Crippen molar-refractivity contribution in [3.63, 3.8) is 0 Å². The fraction of sp³-hybridized carbons (Fsp3) is 0.222. The van der Waals surface area contributed by atoms with E-state index in [2.05, 4.69) is 0 Å². The van der Waals surface area contributed by atoms with Gasteiger partial charge in [0.05, 0.1) is 5.56 Å². The van der Waals surface area contributed by atoms with Crippen LogP contribution in [-0.2, 0) is 11.0 Å². The quantitative estimate of drug-likeness (QED) is 0.774. The van der Waals surface area contributed by atoms with E-state index in [0.29, 0.717) is 12.1 Å². The molecule has 0 amide bonds. The first kappa shape index (κ1) is 12.4. The number of rotatable bonds is 2. The fourth-order valence-electron chi connectivity index (χ4n) is 1.08. The van der Waals surface area contributed by atoms with Gasteiger partial charge in [0.1, 0.15) is 5.82 Å². The zero-order valence-corrected chi connectivity index (χ0v) is 7.62. The van der Waals surface area contributed by atoms with Gasteiger partial charge in [-0.3, -0.25) is 0 Å². The number of aliphatic hydroxyl groups is 1. The van der Waals surface area contributed by atoms with Gasteiger partial charge in [-0.15, -0.1) is 0 Å². The third kappa shape index (κ3) is 2.69. The molecule has 16 heavy (non-hydrogen) atoms. The number of carboxylic acid groups (broad SMARTS) is 1. The van der Waals surface area contributed by atoms with Crippen molar-refractivity contribution in [1.82, 2.24) is 0 Å². The van der Waals surface area contributed by atoms with Crippen molar-refractivity contribution in [3.05, 3.63) is 35.1 Å². The molecule has 0 saturated heterocycles. The molecule has 0 saturated carbocycles. The molecular weight excluding hydrogens is 232 g/mol. The summed E-state index contributed by atoms with van der Waals surface area (Å²) >= 11 is 0. The van der Waals surface area contributed by atoms with Crippen LogP contribution in [0.25, 0.3) is 0 Å². The fourth-order valence-corrected chi connectivity index (χ4v) is 1.08. The normalized spacial score (nSPS) is 13.6. The average molecular weight is 238 g/mol. The SMILES string of the molecule is O=C(O)[C@@H](O)c1cc(F)cc(C(F)(F)F)c1. The van der Waals surface area contributed by atoms with Gasteiger partial charge in [-0.05, 0) is 23.8 Å². The summed E-state index contributed by atoms with van der Waals surface area (Å²) < 4.78 is 49.4. The Morgan fingerprint density at radius 2 is 1.81 bits per heavy atom. The summed E-state index contributed by atoms with van der Waals surface area (Å²) in [6, 6.07) is 1.15. The van der Waals surface area contributed by atoms with Gasteiger partial charge in [0.2, 0.25) is 0 Å². The lowest BCUT2D eigenvalue weighted by Crippen LogP contribution is -2.13. The van der Waals surface area contributed by atoms with E-state index in [1.54, 1.807) is 0 Å². The number of halogens is 4. The van der Waals surface area contributed by atoms with Crippen LogP contribution in [0.5, 0.6) is 0 Å². The van der Waals surface area contributed by atoms with Crippen LogP contribution >= 0.6 is 0 Å². The minimum absolute atomic E-state index is 0.220. The highest BCUT2D eigenvalue weighted by atomic mass is 19.4. The maximum atomic E-state index is 12.8. The van der Waals surface area contributed by atoms with Crippen LogP contribution in [0.3, 0.4) is 0 Å². The predicted octanol–water partition coefficient (Wildman–Crippen LogP) is 1.96. The minimum atomic E-state index is -4.80. The van der Waals surface area contributed by atoms with E-state index in [1.165, 1.54) is 0 Å². The summed E-state index contributed by atoms with van der Waals surface area (Å²) in [6.45, 7) is 0. The third-order valence-electron chi connectivity index (χ3n) is 1.80. The molecule has 0 aromatic heterocycles. The Labute approximate surface area is 86.9 Å². The van der Waals surface area contributed by atoms with Crippen molar-refractivity contribution in [2.75, 3.05) is 0 Å². The van der Waals surface area contributed by atoms with Crippen molar-refractivity contribution in [2.45, 2.75) is 12.3 Å². The molecule has 1 aromatic carbocycles. The van der Waals surface area contributed by atoms with Crippen LogP contribution in [0.1, 0.15) is 17.2 Å². The Balaban J connectivity index is 3.23. The van der Waals surface area contributed by atoms with Crippen molar-refractivity contribution >= 4 is 5.97 Å². The Bertz CT molecular complexity index is 414. The molecule has 1 aromatic rings. The Hall–Kier alpha value is -1.63. The average Bonchev–Trinajstić information content (AvgIpc) is 2.14. The summed E-state index contributed by atoms with van der Waals surface area (Å²) in [5, 5.41) is 17.3. The lowest BCUT2D eigenvalue weighted by Gasteiger charge is -2.11. The second-order valence-electron chi connectivity index (χ2n) is 3.01. The number of hydrogen-bond acceptors (Lipinski definition) is 2. The highest BCUT2D eigenvalue weighted by Gasteiger charge is 2.32. The molecule has 1 rings (SSSR count). The molecule has 7 heteroatoms. The van der Waals surface area contributed by atoms with Gasteiger partial charge in [-0.1, -0.05) is 0 Å². The lowest BCUT2D eigenvalue weighted by atomic mass is 10.1. The second-order valence-corrected chi connectivity index (χ2v) is 3.01. The predicted molar refractivity (Wildman–Crippen MR) is 44.0 cm³/mol. The Kier molecular flexibility index (Phi) is 3.18. The number of alkyl halides is 3. The van der Waals surface area contributed by atoms with Gasteiger partial charge < -0.3 is 10.2 Å². The van der Waals surface area contributed by atoms with E-state index >= 15 is 0 Å².